The van der Waals surface area contributed by atoms with Crippen molar-refractivity contribution in [3.63, 3.8) is 0 Å². The van der Waals surface area contributed by atoms with E-state index < -0.39 is 0 Å². The zero-order valence-electron chi connectivity index (χ0n) is 7.37. The van der Waals surface area contributed by atoms with Crippen LogP contribution in [0.4, 0.5) is 0 Å². The molecule has 0 unspecified atom stereocenters. The van der Waals surface area contributed by atoms with Crippen LogP contribution in [-0.4, -0.2) is 36.8 Å². The first-order valence-electron chi connectivity index (χ1n) is 4.13. The molecule has 7 heteroatoms. The molecule has 2 rings (SSSR count). The molecule has 7 nitrogen and oxygen atoms in total. The van der Waals surface area contributed by atoms with E-state index in [-0.39, 0.29) is 6.61 Å². The number of rotatable bonds is 4. The van der Waals surface area contributed by atoms with Gasteiger partial charge in [-0.2, -0.15) is 4.98 Å². The Morgan fingerprint density at radius 3 is 3.14 bits per heavy atom. The first kappa shape index (κ1) is 8.82. The molecule has 0 fully saturated rings. The monoisotopic (exact) mass is 195 g/mol. The molecule has 1 N–H and O–H groups in total. The van der Waals surface area contributed by atoms with Gasteiger partial charge in [-0.25, -0.2) is 4.68 Å². The largest absolute Gasteiger partial charge is 0.396 e. The highest BCUT2D eigenvalue weighted by atomic mass is 16.5. The molecule has 0 aliphatic carbocycles. The van der Waals surface area contributed by atoms with Gasteiger partial charge >= 0.3 is 0 Å². The molecule has 0 bridgehead atoms. The lowest BCUT2D eigenvalue weighted by Crippen LogP contribution is -2.01. The van der Waals surface area contributed by atoms with Crippen LogP contribution in [0.25, 0.3) is 0 Å². The second-order valence-electron chi connectivity index (χ2n) is 2.73. The van der Waals surface area contributed by atoms with Crippen molar-refractivity contribution in [3.05, 3.63) is 24.1 Å². The summed E-state index contributed by atoms with van der Waals surface area (Å²) < 4.78 is 6.17. The summed E-state index contributed by atoms with van der Waals surface area (Å²) in [6.07, 6.45) is 3.51. The Balaban J connectivity index is 2.03. The van der Waals surface area contributed by atoms with Crippen molar-refractivity contribution in [3.8, 4) is 0 Å². The lowest BCUT2D eigenvalue weighted by molar-refractivity contribution is 0.298. The average molecular weight is 195 g/mol. The molecule has 14 heavy (non-hydrogen) atoms. The zero-order chi connectivity index (χ0) is 9.80. The minimum absolute atomic E-state index is 0.0703. The van der Waals surface area contributed by atoms with Crippen LogP contribution in [0.15, 0.2) is 17.1 Å². The lowest BCUT2D eigenvalue weighted by Gasteiger charge is -1.91. The highest BCUT2D eigenvalue weighted by Crippen LogP contribution is 1.97. The summed E-state index contributed by atoms with van der Waals surface area (Å²) in [6, 6.07) is 0. The van der Waals surface area contributed by atoms with Gasteiger partial charge in [0.2, 0.25) is 6.39 Å². The van der Waals surface area contributed by atoms with Gasteiger partial charge in [-0.05, 0) is 0 Å². The molecule has 0 spiro atoms. The van der Waals surface area contributed by atoms with Crippen LogP contribution in [0.5, 0.6) is 0 Å². The highest BCUT2D eigenvalue weighted by molar-refractivity contribution is 4.93. The number of aromatic nitrogens is 5. The summed E-state index contributed by atoms with van der Waals surface area (Å²) in [6.45, 7) is 0.496. The summed E-state index contributed by atoms with van der Waals surface area (Å²) in [5.41, 5.74) is 0.746. The van der Waals surface area contributed by atoms with Crippen molar-refractivity contribution in [2.24, 2.45) is 0 Å². The standard InChI is InChI=1S/C7H9N5O2/c13-2-1-6-3-12(11-9-6)4-7-8-5-14-10-7/h3,5,13H,1-2,4H2. The Kier molecular flexibility index (Phi) is 2.50. The lowest BCUT2D eigenvalue weighted by atomic mass is 10.3. The number of nitrogens with zero attached hydrogens (tertiary/aromatic N) is 5. The first-order chi connectivity index (χ1) is 6.88. The van der Waals surface area contributed by atoms with Crippen LogP contribution in [0.2, 0.25) is 0 Å². The molecule has 2 aromatic rings. The van der Waals surface area contributed by atoms with Gasteiger partial charge in [-0.15, -0.1) is 5.10 Å². The summed E-state index contributed by atoms with van der Waals surface area (Å²) in [5, 5.41) is 20.0. The molecule has 74 valence electrons. The Hall–Kier alpha value is -1.76. The van der Waals surface area contributed by atoms with Gasteiger partial charge in [0.1, 0.15) is 6.54 Å². The molecule has 0 aromatic carbocycles. The van der Waals surface area contributed by atoms with Crippen molar-refractivity contribution < 1.29 is 9.63 Å². The SMILES string of the molecule is OCCc1cn(Cc2ncon2)nn1. The molecular weight excluding hydrogens is 186 g/mol. The maximum Gasteiger partial charge on any atom is 0.213 e. The maximum absolute atomic E-state index is 8.67. The van der Waals surface area contributed by atoms with E-state index in [1.165, 1.54) is 6.39 Å². The van der Waals surface area contributed by atoms with Crippen molar-refractivity contribution in [1.29, 1.82) is 0 Å². The van der Waals surface area contributed by atoms with E-state index in [4.69, 9.17) is 5.11 Å². The fourth-order valence-electron chi connectivity index (χ4n) is 1.05. The molecule has 2 heterocycles. The van der Waals surface area contributed by atoms with Crippen molar-refractivity contribution in [1.82, 2.24) is 25.1 Å². The molecule has 0 saturated carbocycles. The van der Waals surface area contributed by atoms with Gasteiger partial charge in [0, 0.05) is 19.2 Å². The van der Waals surface area contributed by atoms with Crippen molar-refractivity contribution >= 4 is 0 Å². The van der Waals surface area contributed by atoms with Gasteiger partial charge in [0.25, 0.3) is 0 Å². The minimum Gasteiger partial charge on any atom is -0.396 e. The average Bonchev–Trinajstić information content (AvgIpc) is 2.79. The normalized spacial score (nSPS) is 10.6. The Bertz CT molecular complexity index is 382. The zero-order valence-corrected chi connectivity index (χ0v) is 7.37. The third kappa shape index (κ3) is 1.94. The number of aliphatic hydroxyl groups excluding tert-OH is 1. The van der Waals surface area contributed by atoms with Crippen LogP contribution in [0.3, 0.4) is 0 Å². The van der Waals surface area contributed by atoms with E-state index in [2.05, 4.69) is 25.0 Å². The predicted octanol–water partition coefficient (Wildman–Crippen LogP) is -0.756. The van der Waals surface area contributed by atoms with Crippen LogP contribution < -0.4 is 0 Å². The molecule has 0 saturated heterocycles. The highest BCUT2D eigenvalue weighted by Gasteiger charge is 2.03. The Morgan fingerprint density at radius 1 is 1.50 bits per heavy atom. The maximum atomic E-state index is 8.67. The summed E-state index contributed by atoms with van der Waals surface area (Å²) in [7, 11) is 0. The molecule has 0 aliphatic rings. The Labute approximate surface area is 79.4 Å². The second-order valence-corrected chi connectivity index (χ2v) is 2.73. The van der Waals surface area contributed by atoms with Crippen LogP contribution >= 0.6 is 0 Å². The van der Waals surface area contributed by atoms with E-state index >= 15 is 0 Å². The van der Waals surface area contributed by atoms with Crippen LogP contribution in [0, 0.1) is 0 Å². The quantitative estimate of drug-likeness (QED) is 0.690. The number of hydrogen-bond acceptors (Lipinski definition) is 6. The van der Waals surface area contributed by atoms with E-state index in [9.17, 15) is 0 Å². The summed E-state index contributed by atoms with van der Waals surface area (Å²) >= 11 is 0. The minimum atomic E-state index is 0.0703. The van der Waals surface area contributed by atoms with Gasteiger partial charge in [0.15, 0.2) is 5.82 Å². The van der Waals surface area contributed by atoms with Crippen molar-refractivity contribution in [2.75, 3.05) is 6.61 Å². The third-order valence-corrected chi connectivity index (χ3v) is 1.66. The molecule has 0 amide bonds. The van der Waals surface area contributed by atoms with Crippen molar-refractivity contribution in [2.45, 2.75) is 13.0 Å². The van der Waals surface area contributed by atoms with Crippen LogP contribution in [0.1, 0.15) is 11.5 Å². The Morgan fingerprint density at radius 2 is 2.43 bits per heavy atom. The first-order valence-corrected chi connectivity index (χ1v) is 4.13. The number of hydrogen-bond donors (Lipinski definition) is 1. The van der Waals surface area contributed by atoms with E-state index in [1.54, 1.807) is 10.9 Å². The summed E-state index contributed by atoms with van der Waals surface area (Å²) in [5.74, 6) is 0.547. The fourth-order valence-corrected chi connectivity index (χ4v) is 1.05. The molecule has 0 aliphatic heterocycles. The molecule has 0 radical (unpaired) electrons. The smallest absolute Gasteiger partial charge is 0.213 e. The second kappa shape index (κ2) is 3.97. The van der Waals surface area contributed by atoms with E-state index in [0.717, 1.165) is 5.69 Å². The molecule has 0 atom stereocenters. The van der Waals surface area contributed by atoms with Gasteiger partial charge < -0.3 is 9.63 Å². The van der Waals surface area contributed by atoms with E-state index in [1.807, 2.05) is 0 Å². The van der Waals surface area contributed by atoms with Crippen LogP contribution in [-0.2, 0) is 13.0 Å². The number of aliphatic hydroxyl groups is 1. The predicted molar refractivity (Wildman–Crippen MR) is 44.2 cm³/mol. The fraction of sp³-hybridized carbons (Fsp3) is 0.429. The van der Waals surface area contributed by atoms with Gasteiger partial charge in [0.05, 0.1) is 5.69 Å². The van der Waals surface area contributed by atoms with Gasteiger partial charge in [-0.1, -0.05) is 10.4 Å². The topological polar surface area (TPSA) is 89.9 Å². The van der Waals surface area contributed by atoms with Gasteiger partial charge in [-0.3, -0.25) is 0 Å². The third-order valence-electron chi connectivity index (χ3n) is 1.66. The van der Waals surface area contributed by atoms with E-state index in [0.29, 0.717) is 18.8 Å². The molecule has 2 aromatic heterocycles. The molecular formula is C7H9N5O2. The summed E-state index contributed by atoms with van der Waals surface area (Å²) in [4.78, 5) is 3.85.